The van der Waals surface area contributed by atoms with E-state index in [4.69, 9.17) is 23.2 Å². The maximum absolute atomic E-state index is 12.6. The number of nitrogens with zero attached hydrogens (tertiary/aromatic N) is 1. The summed E-state index contributed by atoms with van der Waals surface area (Å²) < 4.78 is -1.18. The number of nitrogens with one attached hydrogen (secondary N) is 1. The number of rotatable bonds is 4. The average molecular weight is 365 g/mol. The molecule has 1 saturated carbocycles. The number of carbonyl (C=O) groups is 1. The lowest BCUT2D eigenvalue weighted by atomic mass is 10.1. The van der Waals surface area contributed by atoms with Crippen LogP contribution in [-0.4, -0.2) is 15.2 Å². The Balaban J connectivity index is 1.81. The molecule has 124 valence electrons. The highest BCUT2D eigenvalue weighted by molar-refractivity contribution is 6.53. The van der Waals surface area contributed by atoms with E-state index in [1.54, 1.807) is 13.0 Å². The van der Waals surface area contributed by atoms with Gasteiger partial charge in [-0.15, -0.1) is 23.2 Å². The van der Waals surface area contributed by atoms with Gasteiger partial charge in [0.1, 0.15) is 4.33 Å². The summed E-state index contributed by atoms with van der Waals surface area (Å²) in [5, 5.41) is 13.6. The van der Waals surface area contributed by atoms with E-state index in [9.17, 15) is 14.9 Å². The number of hydrogen-bond acceptors (Lipinski definition) is 3. The van der Waals surface area contributed by atoms with Crippen LogP contribution in [0.1, 0.15) is 17.0 Å². The molecule has 1 fully saturated rings. The monoisotopic (exact) mass is 364 g/mol. The van der Waals surface area contributed by atoms with E-state index in [0.717, 1.165) is 11.1 Å². The lowest BCUT2D eigenvalue weighted by Gasteiger charge is -2.08. The summed E-state index contributed by atoms with van der Waals surface area (Å²) in [7, 11) is 0. The number of amides is 1. The zero-order valence-corrected chi connectivity index (χ0v) is 14.2. The van der Waals surface area contributed by atoms with Gasteiger partial charge in [0.15, 0.2) is 0 Å². The van der Waals surface area contributed by atoms with E-state index < -0.39 is 15.2 Å². The maximum Gasteiger partial charge on any atom is 0.271 e. The average Bonchev–Trinajstić information content (AvgIpc) is 3.12. The Morgan fingerprint density at radius 2 is 1.88 bits per heavy atom. The van der Waals surface area contributed by atoms with E-state index in [-0.39, 0.29) is 17.5 Å². The van der Waals surface area contributed by atoms with Crippen LogP contribution in [0.3, 0.4) is 0 Å². The maximum atomic E-state index is 12.6. The lowest BCUT2D eigenvalue weighted by molar-refractivity contribution is -0.384. The van der Waals surface area contributed by atoms with E-state index in [0.29, 0.717) is 5.69 Å². The summed E-state index contributed by atoms with van der Waals surface area (Å²) in [6.07, 6.45) is 0. The van der Waals surface area contributed by atoms with Gasteiger partial charge in [-0.2, -0.15) is 0 Å². The van der Waals surface area contributed by atoms with Gasteiger partial charge in [0, 0.05) is 18.1 Å². The van der Waals surface area contributed by atoms with Gasteiger partial charge in [0.25, 0.3) is 5.69 Å². The highest BCUT2D eigenvalue weighted by Crippen LogP contribution is 2.65. The Labute approximate surface area is 148 Å². The highest BCUT2D eigenvalue weighted by atomic mass is 35.5. The topological polar surface area (TPSA) is 72.2 Å². The van der Waals surface area contributed by atoms with Crippen molar-refractivity contribution in [2.45, 2.75) is 17.2 Å². The van der Waals surface area contributed by atoms with Crippen molar-refractivity contribution in [1.29, 1.82) is 0 Å². The van der Waals surface area contributed by atoms with Crippen LogP contribution >= 0.6 is 23.2 Å². The van der Waals surface area contributed by atoms with Crippen molar-refractivity contribution in [3.05, 3.63) is 69.8 Å². The minimum absolute atomic E-state index is 0.0886. The van der Waals surface area contributed by atoms with Gasteiger partial charge in [-0.1, -0.05) is 36.4 Å². The van der Waals surface area contributed by atoms with Crippen LogP contribution in [0.2, 0.25) is 0 Å². The standard InChI is InChI=1S/C17H14Cl2N2O3/c1-10-7-8-12(21(23)24)9-13(10)20-16(22)15-14(17(15,18)19)11-5-3-2-4-6-11/h2-9,14-15H,1H3,(H,20,22)/t14-,15+/m0/s1. The van der Waals surface area contributed by atoms with Gasteiger partial charge in [-0.05, 0) is 18.1 Å². The second-order valence-electron chi connectivity index (χ2n) is 5.79. The first-order chi connectivity index (χ1) is 11.3. The Hall–Kier alpha value is -2.11. The molecule has 0 spiro atoms. The molecule has 1 aliphatic carbocycles. The smallest absolute Gasteiger partial charge is 0.271 e. The number of anilines is 1. The van der Waals surface area contributed by atoms with Crippen LogP contribution < -0.4 is 5.32 Å². The molecule has 7 heteroatoms. The number of nitro benzene ring substituents is 1. The molecule has 2 atom stereocenters. The molecular weight excluding hydrogens is 351 g/mol. The lowest BCUT2D eigenvalue weighted by Crippen LogP contribution is -2.17. The van der Waals surface area contributed by atoms with Crippen molar-refractivity contribution in [1.82, 2.24) is 0 Å². The van der Waals surface area contributed by atoms with Gasteiger partial charge >= 0.3 is 0 Å². The van der Waals surface area contributed by atoms with Crippen molar-refractivity contribution < 1.29 is 9.72 Å². The number of hydrogen-bond donors (Lipinski definition) is 1. The Kier molecular flexibility index (Phi) is 4.24. The van der Waals surface area contributed by atoms with Crippen molar-refractivity contribution in [2.75, 3.05) is 5.32 Å². The van der Waals surface area contributed by atoms with Crippen molar-refractivity contribution in [2.24, 2.45) is 5.92 Å². The van der Waals surface area contributed by atoms with Crippen LogP contribution in [0.25, 0.3) is 0 Å². The van der Waals surface area contributed by atoms with E-state index in [1.165, 1.54) is 12.1 Å². The summed E-state index contributed by atoms with van der Waals surface area (Å²) in [5.74, 6) is -1.26. The minimum atomic E-state index is -1.18. The summed E-state index contributed by atoms with van der Waals surface area (Å²) >= 11 is 12.6. The molecule has 3 rings (SSSR count). The molecule has 0 radical (unpaired) electrons. The van der Waals surface area contributed by atoms with E-state index >= 15 is 0 Å². The third-order valence-electron chi connectivity index (χ3n) is 4.18. The van der Waals surface area contributed by atoms with Gasteiger partial charge in [0.2, 0.25) is 5.91 Å². The molecule has 1 amide bonds. The zero-order valence-electron chi connectivity index (χ0n) is 12.7. The molecule has 1 aliphatic rings. The predicted octanol–water partition coefficient (Wildman–Crippen LogP) is 4.43. The molecule has 1 N–H and O–H groups in total. The first kappa shape index (κ1) is 16.7. The largest absolute Gasteiger partial charge is 0.325 e. The number of halogens is 2. The third-order valence-corrected chi connectivity index (χ3v) is 5.12. The van der Waals surface area contributed by atoms with Gasteiger partial charge in [0.05, 0.1) is 16.5 Å². The predicted molar refractivity (Wildman–Crippen MR) is 93.6 cm³/mol. The fourth-order valence-electron chi connectivity index (χ4n) is 2.80. The molecule has 2 aromatic rings. The Morgan fingerprint density at radius 1 is 1.21 bits per heavy atom. The zero-order chi connectivity index (χ0) is 17.5. The number of alkyl halides is 2. The first-order valence-electron chi connectivity index (χ1n) is 7.31. The number of aryl methyl sites for hydroxylation is 1. The van der Waals surface area contributed by atoms with Crippen molar-refractivity contribution in [3.63, 3.8) is 0 Å². The first-order valence-corrected chi connectivity index (χ1v) is 8.06. The minimum Gasteiger partial charge on any atom is -0.325 e. The van der Waals surface area contributed by atoms with Gasteiger partial charge in [-0.3, -0.25) is 14.9 Å². The van der Waals surface area contributed by atoms with E-state index in [1.807, 2.05) is 30.3 Å². The molecule has 5 nitrogen and oxygen atoms in total. The van der Waals surface area contributed by atoms with Crippen LogP contribution in [0.15, 0.2) is 48.5 Å². The number of benzene rings is 2. The second-order valence-corrected chi connectivity index (χ2v) is 7.23. The van der Waals surface area contributed by atoms with Crippen LogP contribution in [0.4, 0.5) is 11.4 Å². The van der Waals surface area contributed by atoms with Crippen molar-refractivity contribution in [3.8, 4) is 0 Å². The third kappa shape index (κ3) is 2.97. The molecule has 0 bridgehead atoms. The highest BCUT2D eigenvalue weighted by Gasteiger charge is 2.67. The molecular formula is C17H14Cl2N2O3. The molecule has 0 saturated heterocycles. The summed E-state index contributed by atoms with van der Waals surface area (Å²) in [6.45, 7) is 1.76. The van der Waals surface area contributed by atoms with Gasteiger partial charge < -0.3 is 5.32 Å². The van der Waals surface area contributed by atoms with Crippen LogP contribution in [-0.2, 0) is 4.79 Å². The molecule has 0 heterocycles. The molecule has 24 heavy (non-hydrogen) atoms. The van der Waals surface area contributed by atoms with Crippen LogP contribution in [0.5, 0.6) is 0 Å². The Morgan fingerprint density at radius 3 is 2.50 bits per heavy atom. The Bertz CT molecular complexity index is 809. The number of nitro groups is 1. The van der Waals surface area contributed by atoms with Crippen molar-refractivity contribution >= 4 is 40.5 Å². The van der Waals surface area contributed by atoms with E-state index in [2.05, 4.69) is 5.32 Å². The molecule has 0 unspecified atom stereocenters. The van der Waals surface area contributed by atoms with Crippen LogP contribution in [0, 0.1) is 23.0 Å². The second kappa shape index (κ2) is 6.07. The molecule has 0 aliphatic heterocycles. The quantitative estimate of drug-likeness (QED) is 0.495. The fourth-order valence-corrected chi connectivity index (χ4v) is 3.62. The van der Waals surface area contributed by atoms with Gasteiger partial charge in [-0.25, -0.2) is 0 Å². The summed E-state index contributed by atoms with van der Waals surface area (Å²) in [5.41, 5.74) is 1.91. The summed E-state index contributed by atoms with van der Waals surface area (Å²) in [4.78, 5) is 22.9. The SMILES string of the molecule is Cc1ccc([N+](=O)[O-])cc1NC(=O)[C@H]1[C@H](c2ccccc2)C1(Cl)Cl. The molecule has 0 aromatic heterocycles. The summed E-state index contributed by atoms with van der Waals surface area (Å²) in [6, 6.07) is 13.6. The fraction of sp³-hybridized carbons (Fsp3) is 0.235. The molecule has 2 aromatic carbocycles. The number of non-ortho nitro benzene ring substituents is 1. The number of carbonyl (C=O) groups excluding carboxylic acids is 1. The normalized spacial score (nSPS) is 21.1.